The second-order valence-electron chi connectivity index (χ2n) is 10.6. The molecule has 0 aromatic carbocycles. The number of nitrogens with zero attached hydrogens (tertiary/aromatic N) is 6. The maximum Gasteiger partial charge on any atom is 0.318 e. The van der Waals surface area contributed by atoms with Gasteiger partial charge in [-0.3, -0.25) is 4.68 Å². The molecule has 3 aromatic rings. The average Bonchev–Trinajstić information content (AvgIpc) is 3.13. The van der Waals surface area contributed by atoms with Crippen LogP contribution in [0.15, 0.2) is 24.5 Å². The summed E-state index contributed by atoms with van der Waals surface area (Å²) in [5, 5.41) is 9.21. The van der Waals surface area contributed by atoms with Crippen LogP contribution < -0.4 is 15.0 Å². The number of ether oxygens (including phenoxy) is 2. The highest BCUT2D eigenvalue weighted by Gasteiger charge is 2.50. The number of rotatable bonds is 9. The molecule has 0 unspecified atom stereocenters. The van der Waals surface area contributed by atoms with Gasteiger partial charge in [0.2, 0.25) is 0 Å². The largest absolute Gasteiger partial charge is 0.462 e. The predicted octanol–water partition coefficient (Wildman–Crippen LogP) is 2.97. The molecular weight excluding hydrogens is 482 g/mol. The van der Waals surface area contributed by atoms with Gasteiger partial charge in [-0.2, -0.15) is 10.1 Å². The first kappa shape index (κ1) is 24.7. The molecule has 5 rings (SSSR count). The molecule has 0 aliphatic carbocycles. The maximum absolute atomic E-state index is 11.9. The molecule has 2 aliphatic heterocycles. The Bertz CT molecular complexity index is 1380. The summed E-state index contributed by atoms with van der Waals surface area (Å²) in [6, 6.07) is 4.01. The van der Waals surface area contributed by atoms with Crippen LogP contribution in [0.3, 0.4) is 0 Å². The van der Waals surface area contributed by atoms with E-state index in [0.29, 0.717) is 17.1 Å². The number of sulfone groups is 1. The lowest BCUT2D eigenvalue weighted by molar-refractivity contribution is -0.127. The highest BCUT2D eigenvalue weighted by atomic mass is 32.2. The van der Waals surface area contributed by atoms with Crippen LogP contribution in [-0.2, 0) is 14.6 Å². The zero-order valence-electron chi connectivity index (χ0n) is 21.4. The smallest absolute Gasteiger partial charge is 0.318 e. The van der Waals surface area contributed by atoms with Gasteiger partial charge >= 0.3 is 6.01 Å². The van der Waals surface area contributed by atoms with E-state index in [-0.39, 0.29) is 18.7 Å². The lowest BCUT2D eigenvalue weighted by Crippen LogP contribution is -2.66. The Kier molecular flexibility index (Phi) is 6.06. The van der Waals surface area contributed by atoms with Crippen molar-refractivity contribution in [1.82, 2.24) is 24.7 Å². The van der Waals surface area contributed by atoms with E-state index in [1.165, 1.54) is 6.26 Å². The van der Waals surface area contributed by atoms with Crippen molar-refractivity contribution in [2.75, 3.05) is 49.4 Å². The summed E-state index contributed by atoms with van der Waals surface area (Å²) in [5.41, 5.74) is 1.30. The number of aromatic nitrogens is 5. The SMILES string of the molecule is CC[C@H](C)n1nc(N2CC3(COC3)C2)c2cnc(Nc3ccnc(OCC(C)(C)S(C)(=O)=O)n3)cc21. The van der Waals surface area contributed by atoms with E-state index in [1.54, 1.807) is 26.1 Å². The van der Waals surface area contributed by atoms with Crippen molar-refractivity contribution in [2.24, 2.45) is 5.41 Å². The summed E-state index contributed by atoms with van der Waals surface area (Å²) in [6.45, 7) is 11.0. The van der Waals surface area contributed by atoms with Gasteiger partial charge in [-0.15, -0.1) is 0 Å². The molecule has 2 fully saturated rings. The van der Waals surface area contributed by atoms with Crippen LogP contribution >= 0.6 is 0 Å². The van der Waals surface area contributed by atoms with Crippen LogP contribution in [0.5, 0.6) is 6.01 Å². The molecule has 2 aliphatic rings. The number of pyridine rings is 1. The van der Waals surface area contributed by atoms with Gasteiger partial charge in [0, 0.05) is 43.8 Å². The van der Waals surface area contributed by atoms with Gasteiger partial charge in [0.25, 0.3) is 0 Å². The minimum atomic E-state index is -3.30. The van der Waals surface area contributed by atoms with Crippen LogP contribution in [0.4, 0.5) is 17.5 Å². The van der Waals surface area contributed by atoms with Gasteiger partial charge in [0.1, 0.15) is 23.0 Å². The molecular formula is C24H33N7O4S. The normalized spacial score (nSPS) is 18.1. The van der Waals surface area contributed by atoms with Crippen molar-refractivity contribution in [3.8, 4) is 6.01 Å². The van der Waals surface area contributed by atoms with Gasteiger partial charge in [-0.25, -0.2) is 18.4 Å². The van der Waals surface area contributed by atoms with Crippen LogP contribution in [0.1, 0.15) is 40.2 Å². The number of nitrogens with one attached hydrogen (secondary N) is 1. The van der Waals surface area contributed by atoms with E-state index in [2.05, 4.69) is 43.7 Å². The minimum Gasteiger partial charge on any atom is -0.462 e. The van der Waals surface area contributed by atoms with Crippen LogP contribution in [0.25, 0.3) is 10.9 Å². The van der Waals surface area contributed by atoms with Gasteiger partial charge in [-0.05, 0) is 33.3 Å². The van der Waals surface area contributed by atoms with E-state index in [4.69, 9.17) is 14.6 Å². The average molecular weight is 516 g/mol. The van der Waals surface area contributed by atoms with Crippen molar-refractivity contribution in [2.45, 2.75) is 44.9 Å². The molecule has 0 radical (unpaired) electrons. The van der Waals surface area contributed by atoms with Gasteiger partial charge < -0.3 is 19.7 Å². The zero-order valence-corrected chi connectivity index (χ0v) is 22.2. The van der Waals surface area contributed by atoms with Crippen molar-refractivity contribution in [3.63, 3.8) is 0 Å². The molecule has 3 aromatic heterocycles. The summed E-state index contributed by atoms with van der Waals surface area (Å²) < 4.78 is 35.9. The molecule has 0 amide bonds. The van der Waals surface area contributed by atoms with Crippen LogP contribution in [0.2, 0.25) is 0 Å². The highest BCUT2D eigenvalue weighted by Crippen LogP contribution is 2.42. The Morgan fingerprint density at radius 2 is 2.00 bits per heavy atom. The number of hydrogen-bond donors (Lipinski definition) is 1. The Morgan fingerprint density at radius 1 is 1.25 bits per heavy atom. The third-order valence-electron chi connectivity index (χ3n) is 7.19. The van der Waals surface area contributed by atoms with Crippen molar-refractivity contribution < 1.29 is 17.9 Å². The Morgan fingerprint density at radius 3 is 2.64 bits per heavy atom. The van der Waals surface area contributed by atoms with Gasteiger partial charge in [0.15, 0.2) is 15.7 Å². The van der Waals surface area contributed by atoms with E-state index < -0.39 is 14.6 Å². The zero-order chi connectivity index (χ0) is 25.7. The molecule has 2 saturated heterocycles. The van der Waals surface area contributed by atoms with Gasteiger partial charge in [0.05, 0.1) is 29.5 Å². The van der Waals surface area contributed by atoms with Crippen LogP contribution in [0, 0.1) is 5.41 Å². The fourth-order valence-corrected chi connectivity index (χ4v) is 4.54. The fourth-order valence-electron chi connectivity index (χ4n) is 4.27. The number of anilines is 3. The Labute approximate surface area is 211 Å². The molecule has 11 nitrogen and oxygen atoms in total. The first-order valence-corrected chi connectivity index (χ1v) is 14.0. The van der Waals surface area contributed by atoms with Crippen molar-refractivity contribution >= 4 is 38.2 Å². The summed E-state index contributed by atoms with van der Waals surface area (Å²) in [7, 11) is -3.30. The summed E-state index contributed by atoms with van der Waals surface area (Å²) in [5.74, 6) is 2.08. The number of fused-ring (bicyclic) bond motifs is 1. The van der Waals surface area contributed by atoms with E-state index in [9.17, 15) is 8.42 Å². The summed E-state index contributed by atoms with van der Waals surface area (Å²) in [4.78, 5) is 15.4. The first-order chi connectivity index (χ1) is 17.0. The monoisotopic (exact) mass is 515 g/mol. The molecule has 1 atom stereocenters. The molecule has 5 heterocycles. The molecule has 1 spiro atoms. The molecule has 0 saturated carbocycles. The second-order valence-corrected chi connectivity index (χ2v) is 13.3. The quantitative estimate of drug-likeness (QED) is 0.455. The minimum absolute atomic E-state index is 0.0553. The summed E-state index contributed by atoms with van der Waals surface area (Å²) >= 11 is 0. The molecule has 1 N–H and O–H groups in total. The lowest BCUT2D eigenvalue weighted by Gasteiger charge is -2.55. The topological polar surface area (TPSA) is 124 Å². The number of hydrogen-bond acceptors (Lipinski definition) is 10. The predicted molar refractivity (Wildman–Crippen MR) is 138 cm³/mol. The molecule has 36 heavy (non-hydrogen) atoms. The summed E-state index contributed by atoms with van der Waals surface area (Å²) in [6.07, 6.45) is 5.56. The molecule has 0 bridgehead atoms. The van der Waals surface area contributed by atoms with Crippen LogP contribution in [-0.4, -0.2) is 77.1 Å². The van der Waals surface area contributed by atoms with Gasteiger partial charge in [-0.1, -0.05) is 6.92 Å². The Hall–Kier alpha value is -2.99. The molecule has 194 valence electrons. The third-order valence-corrected chi connectivity index (χ3v) is 9.32. The third kappa shape index (κ3) is 4.47. The van der Waals surface area contributed by atoms with E-state index >= 15 is 0 Å². The standard InChI is InChI=1S/C24H33N7O4S/c1-6-16(2)31-18-9-20(26-10-17(18)21(29-31)30-11-24(12-30)14-34-15-24)27-19-7-8-25-22(28-19)35-13-23(3,4)36(5,32)33/h7-10,16H,6,11-15H2,1-5H3,(H,25,26,27,28)/t16-/m0/s1. The molecule has 12 heteroatoms. The first-order valence-electron chi connectivity index (χ1n) is 12.1. The fraction of sp³-hybridized carbons (Fsp3) is 0.583. The highest BCUT2D eigenvalue weighted by molar-refractivity contribution is 7.92. The lowest BCUT2D eigenvalue weighted by atomic mass is 9.78. The maximum atomic E-state index is 11.9. The van der Waals surface area contributed by atoms with Crippen molar-refractivity contribution in [3.05, 3.63) is 24.5 Å². The van der Waals surface area contributed by atoms with Crippen molar-refractivity contribution in [1.29, 1.82) is 0 Å². The van der Waals surface area contributed by atoms with E-state index in [1.807, 2.05) is 12.3 Å². The second kappa shape index (κ2) is 8.84. The Balaban J connectivity index is 1.37. The van der Waals surface area contributed by atoms with E-state index in [0.717, 1.165) is 49.4 Å².